The second-order valence-electron chi connectivity index (χ2n) is 4.07. The number of carbonyl (C=O) groups is 1. The van der Waals surface area contributed by atoms with Gasteiger partial charge in [0.05, 0.1) is 6.04 Å². The van der Waals surface area contributed by atoms with Crippen molar-refractivity contribution in [3.05, 3.63) is 48.6 Å². The third kappa shape index (κ3) is 3.54. The molecule has 0 spiro atoms. The molecule has 2 heteroatoms. The zero-order valence-electron chi connectivity index (χ0n) is 9.94. The number of amides is 1. The minimum Gasteiger partial charge on any atom is -0.349 e. The third-order valence-corrected chi connectivity index (χ3v) is 2.63. The standard InChI is InChI=1S/C14H19NO/c1-4-8-11(2)14(16)15-12(3)13-9-6-5-7-10-13/h4-7,9-12H,1,8H2,2-3H3,(H,15,16)/t11-,12+/m1/s1. The van der Waals surface area contributed by atoms with Gasteiger partial charge in [0.1, 0.15) is 0 Å². The maximum atomic E-state index is 11.8. The Labute approximate surface area is 97.4 Å². The zero-order chi connectivity index (χ0) is 12.0. The highest BCUT2D eigenvalue weighted by Crippen LogP contribution is 2.12. The van der Waals surface area contributed by atoms with Crippen molar-refractivity contribution in [1.82, 2.24) is 5.32 Å². The van der Waals surface area contributed by atoms with Crippen LogP contribution in [0.15, 0.2) is 43.0 Å². The molecule has 16 heavy (non-hydrogen) atoms. The molecule has 2 nitrogen and oxygen atoms in total. The van der Waals surface area contributed by atoms with Gasteiger partial charge in [0.25, 0.3) is 0 Å². The lowest BCUT2D eigenvalue weighted by Gasteiger charge is -2.17. The van der Waals surface area contributed by atoms with Crippen LogP contribution < -0.4 is 5.32 Å². The number of hydrogen-bond donors (Lipinski definition) is 1. The Morgan fingerprint density at radius 1 is 1.38 bits per heavy atom. The lowest BCUT2D eigenvalue weighted by Crippen LogP contribution is -2.31. The van der Waals surface area contributed by atoms with Gasteiger partial charge in [-0.15, -0.1) is 6.58 Å². The summed E-state index contributed by atoms with van der Waals surface area (Å²) in [6.07, 6.45) is 2.49. The molecule has 0 unspecified atom stereocenters. The maximum Gasteiger partial charge on any atom is 0.223 e. The molecule has 1 N–H and O–H groups in total. The van der Waals surface area contributed by atoms with Crippen molar-refractivity contribution in [3.8, 4) is 0 Å². The Hall–Kier alpha value is -1.57. The Balaban J connectivity index is 2.55. The molecule has 2 atom stereocenters. The molecule has 0 aliphatic rings. The molecule has 1 rings (SSSR count). The van der Waals surface area contributed by atoms with Gasteiger partial charge in [0.2, 0.25) is 5.91 Å². The highest BCUT2D eigenvalue weighted by atomic mass is 16.1. The number of benzene rings is 1. The van der Waals surface area contributed by atoms with Gasteiger partial charge < -0.3 is 5.32 Å². The van der Waals surface area contributed by atoms with Gasteiger partial charge >= 0.3 is 0 Å². The highest BCUT2D eigenvalue weighted by molar-refractivity contribution is 5.78. The van der Waals surface area contributed by atoms with Gasteiger partial charge in [-0.25, -0.2) is 0 Å². The lowest BCUT2D eigenvalue weighted by molar-refractivity contribution is -0.125. The Morgan fingerprint density at radius 3 is 2.56 bits per heavy atom. The molecule has 1 amide bonds. The molecule has 0 radical (unpaired) electrons. The molecule has 0 saturated heterocycles. The Kier molecular flexibility index (Phi) is 4.77. The van der Waals surface area contributed by atoms with E-state index in [4.69, 9.17) is 0 Å². The second-order valence-corrected chi connectivity index (χ2v) is 4.07. The summed E-state index contributed by atoms with van der Waals surface area (Å²) >= 11 is 0. The summed E-state index contributed by atoms with van der Waals surface area (Å²) in [6, 6.07) is 10.0. The molecule has 0 aromatic heterocycles. The van der Waals surface area contributed by atoms with Crippen LogP contribution in [0.5, 0.6) is 0 Å². The van der Waals surface area contributed by atoms with Gasteiger partial charge in [-0.2, -0.15) is 0 Å². The average Bonchev–Trinajstić information content (AvgIpc) is 2.30. The van der Waals surface area contributed by atoms with E-state index in [9.17, 15) is 4.79 Å². The molecule has 0 aliphatic heterocycles. The molecule has 0 fully saturated rings. The lowest BCUT2D eigenvalue weighted by atomic mass is 10.0. The van der Waals surface area contributed by atoms with E-state index in [1.165, 1.54) is 0 Å². The summed E-state index contributed by atoms with van der Waals surface area (Å²) in [5, 5.41) is 2.99. The first kappa shape index (κ1) is 12.5. The molecular weight excluding hydrogens is 198 g/mol. The van der Waals surface area contributed by atoms with Crippen LogP contribution in [0.2, 0.25) is 0 Å². The summed E-state index contributed by atoms with van der Waals surface area (Å²) < 4.78 is 0. The van der Waals surface area contributed by atoms with Gasteiger partial charge in [-0.1, -0.05) is 43.3 Å². The molecule has 86 valence electrons. The van der Waals surface area contributed by atoms with E-state index in [-0.39, 0.29) is 17.9 Å². The topological polar surface area (TPSA) is 29.1 Å². The Bertz CT molecular complexity index is 345. The first-order chi connectivity index (χ1) is 7.65. The molecule has 0 heterocycles. The second kappa shape index (κ2) is 6.11. The molecule has 1 aromatic carbocycles. The number of allylic oxidation sites excluding steroid dienone is 1. The third-order valence-electron chi connectivity index (χ3n) is 2.63. The van der Waals surface area contributed by atoms with Gasteiger partial charge in [-0.05, 0) is 18.9 Å². The van der Waals surface area contributed by atoms with E-state index in [0.29, 0.717) is 6.42 Å². The van der Waals surface area contributed by atoms with Crippen LogP contribution in [-0.4, -0.2) is 5.91 Å². The van der Waals surface area contributed by atoms with Crippen molar-refractivity contribution in [1.29, 1.82) is 0 Å². The number of rotatable bonds is 5. The molecular formula is C14H19NO. The first-order valence-corrected chi connectivity index (χ1v) is 5.61. The smallest absolute Gasteiger partial charge is 0.223 e. The van der Waals surface area contributed by atoms with Crippen LogP contribution in [0.1, 0.15) is 31.9 Å². The van der Waals surface area contributed by atoms with E-state index in [1.54, 1.807) is 6.08 Å². The summed E-state index contributed by atoms with van der Waals surface area (Å²) in [5.41, 5.74) is 1.13. The van der Waals surface area contributed by atoms with Crippen LogP contribution in [0.25, 0.3) is 0 Å². The van der Waals surface area contributed by atoms with E-state index in [0.717, 1.165) is 5.56 Å². The normalized spacial score (nSPS) is 13.9. The molecule has 0 aliphatic carbocycles. The van der Waals surface area contributed by atoms with E-state index in [2.05, 4.69) is 11.9 Å². The molecule has 0 saturated carbocycles. The van der Waals surface area contributed by atoms with E-state index < -0.39 is 0 Å². The van der Waals surface area contributed by atoms with Crippen LogP contribution in [-0.2, 0) is 4.79 Å². The van der Waals surface area contributed by atoms with Crippen molar-refractivity contribution in [2.24, 2.45) is 5.92 Å². The SMILES string of the molecule is C=CC[C@@H](C)C(=O)N[C@@H](C)c1ccccc1. The molecule has 0 bridgehead atoms. The van der Waals surface area contributed by atoms with Crippen molar-refractivity contribution in [2.45, 2.75) is 26.3 Å². The fraction of sp³-hybridized carbons (Fsp3) is 0.357. The maximum absolute atomic E-state index is 11.8. The van der Waals surface area contributed by atoms with Crippen molar-refractivity contribution in [2.75, 3.05) is 0 Å². The van der Waals surface area contributed by atoms with Crippen LogP contribution in [0.3, 0.4) is 0 Å². The van der Waals surface area contributed by atoms with Crippen LogP contribution >= 0.6 is 0 Å². The fourth-order valence-electron chi connectivity index (χ4n) is 1.54. The van der Waals surface area contributed by atoms with Gasteiger partial charge in [0.15, 0.2) is 0 Å². The van der Waals surface area contributed by atoms with Crippen LogP contribution in [0, 0.1) is 5.92 Å². The fourth-order valence-corrected chi connectivity index (χ4v) is 1.54. The van der Waals surface area contributed by atoms with Gasteiger partial charge in [-0.3, -0.25) is 4.79 Å². The van der Waals surface area contributed by atoms with Crippen molar-refractivity contribution < 1.29 is 4.79 Å². The van der Waals surface area contributed by atoms with Crippen molar-refractivity contribution in [3.63, 3.8) is 0 Å². The summed E-state index contributed by atoms with van der Waals surface area (Å²) in [4.78, 5) is 11.8. The van der Waals surface area contributed by atoms with Gasteiger partial charge in [0, 0.05) is 5.92 Å². The average molecular weight is 217 g/mol. The van der Waals surface area contributed by atoms with E-state index >= 15 is 0 Å². The minimum atomic E-state index is -0.0105. The first-order valence-electron chi connectivity index (χ1n) is 5.61. The minimum absolute atomic E-state index is 0.0105. The quantitative estimate of drug-likeness (QED) is 0.754. The summed E-state index contributed by atoms with van der Waals surface area (Å²) in [7, 11) is 0. The largest absolute Gasteiger partial charge is 0.349 e. The number of carbonyl (C=O) groups excluding carboxylic acids is 1. The Morgan fingerprint density at radius 2 is 2.00 bits per heavy atom. The van der Waals surface area contributed by atoms with Crippen molar-refractivity contribution >= 4 is 5.91 Å². The molecule has 1 aromatic rings. The summed E-state index contributed by atoms with van der Waals surface area (Å²) in [6.45, 7) is 7.55. The van der Waals surface area contributed by atoms with E-state index in [1.807, 2.05) is 44.2 Å². The predicted octanol–water partition coefficient (Wildman–Crippen LogP) is 3.08. The number of hydrogen-bond acceptors (Lipinski definition) is 1. The van der Waals surface area contributed by atoms with Crippen LogP contribution in [0.4, 0.5) is 0 Å². The predicted molar refractivity (Wildman–Crippen MR) is 67.0 cm³/mol. The number of nitrogens with one attached hydrogen (secondary N) is 1. The monoisotopic (exact) mass is 217 g/mol. The highest BCUT2D eigenvalue weighted by Gasteiger charge is 2.14. The zero-order valence-corrected chi connectivity index (χ0v) is 9.94. The summed E-state index contributed by atoms with van der Waals surface area (Å²) in [5.74, 6) is 0.0694.